The van der Waals surface area contributed by atoms with Crippen LogP contribution in [0, 0.1) is 11.8 Å². The van der Waals surface area contributed by atoms with Crippen LogP contribution in [0.4, 0.5) is 0 Å². The average Bonchev–Trinajstić information content (AvgIpc) is 2.67. The third-order valence-electron chi connectivity index (χ3n) is 6.07. The lowest BCUT2D eigenvalue weighted by Gasteiger charge is -2.38. The Kier molecular flexibility index (Phi) is 4.45. The fraction of sp³-hybridized carbons (Fsp3) is 1.00. The summed E-state index contributed by atoms with van der Waals surface area (Å²) in [6, 6.07) is 2.39. The lowest BCUT2D eigenvalue weighted by molar-refractivity contribution is 0.116. The summed E-state index contributed by atoms with van der Waals surface area (Å²) in [6.07, 6.45) is 10.7. The van der Waals surface area contributed by atoms with Crippen molar-refractivity contribution in [2.45, 2.75) is 69.5 Å². The van der Waals surface area contributed by atoms with Gasteiger partial charge >= 0.3 is 0 Å². The van der Waals surface area contributed by atoms with Gasteiger partial charge in [0.15, 0.2) is 0 Å². The van der Waals surface area contributed by atoms with Crippen molar-refractivity contribution < 1.29 is 5.11 Å². The van der Waals surface area contributed by atoms with Crippen molar-refractivity contribution in [3.05, 3.63) is 0 Å². The molecule has 110 valence electrons. The molecule has 3 aliphatic rings. The van der Waals surface area contributed by atoms with Gasteiger partial charge in [-0.15, -0.1) is 0 Å². The molecular weight excluding hydrogens is 236 g/mol. The molecule has 0 amide bonds. The highest BCUT2D eigenvalue weighted by Crippen LogP contribution is 2.35. The Balaban J connectivity index is 1.47. The lowest BCUT2D eigenvalue weighted by Crippen LogP contribution is -2.48. The van der Waals surface area contributed by atoms with Crippen molar-refractivity contribution in [1.82, 2.24) is 10.2 Å². The fourth-order valence-corrected chi connectivity index (χ4v) is 4.69. The number of hydrogen-bond donors (Lipinski definition) is 2. The van der Waals surface area contributed by atoms with E-state index in [1.54, 1.807) is 0 Å². The summed E-state index contributed by atoms with van der Waals surface area (Å²) in [7, 11) is 2.31. The molecule has 4 unspecified atom stereocenters. The van der Waals surface area contributed by atoms with E-state index in [2.05, 4.69) is 17.3 Å². The number of aliphatic hydroxyl groups is 1. The number of piperidine rings is 1. The molecule has 2 heterocycles. The Morgan fingerprint density at radius 3 is 2.26 bits per heavy atom. The molecule has 0 aromatic rings. The van der Waals surface area contributed by atoms with Gasteiger partial charge in [0.25, 0.3) is 0 Å². The first-order chi connectivity index (χ1) is 9.28. The second-order valence-corrected chi connectivity index (χ2v) is 7.11. The van der Waals surface area contributed by atoms with Gasteiger partial charge in [0.2, 0.25) is 0 Å². The first kappa shape index (κ1) is 13.8. The number of rotatable bonds is 4. The van der Waals surface area contributed by atoms with Crippen molar-refractivity contribution in [3.8, 4) is 0 Å². The van der Waals surface area contributed by atoms with Gasteiger partial charge in [-0.3, -0.25) is 0 Å². The number of nitrogens with one attached hydrogen (secondary N) is 1. The molecule has 0 aromatic carbocycles. The van der Waals surface area contributed by atoms with E-state index in [4.69, 9.17) is 0 Å². The van der Waals surface area contributed by atoms with Crippen molar-refractivity contribution in [2.24, 2.45) is 11.8 Å². The second kappa shape index (κ2) is 6.11. The number of nitrogens with zero attached hydrogens (tertiary/aromatic N) is 1. The summed E-state index contributed by atoms with van der Waals surface area (Å²) >= 11 is 0. The molecule has 3 nitrogen and oxygen atoms in total. The zero-order chi connectivity index (χ0) is 13.2. The number of aliphatic hydroxyl groups excluding tert-OH is 1. The normalized spacial score (nSPS) is 43.6. The first-order valence-corrected chi connectivity index (χ1v) is 8.34. The predicted octanol–water partition coefficient (Wildman–Crippen LogP) is 2.00. The molecule has 0 aromatic heterocycles. The van der Waals surface area contributed by atoms with Crippen LogP contribution in [-0.4, -0.2) is 48.3 Å². The zero-order valence-corrected chi connectivity index (χ0v) is 12.4. The summed E-state index contributed by atoms with van der Waals surface area (Å²) < 4.78 is 0. The van der Waals surface area contributed by atoms with Crippen molar-refractivity contribution in [2.75, 3.05) is 20.2 Å². The second-order valence-electron chi connectivity index (χ2n) is 7.11. The molecule has 0 radical (unpaired) electrons. The zero-order valence-electron chi connectivity index (χ0n) is 12.4. The first-order valence-electron chi connectivity index (χ1n) is 8.34. The molecule has 4 atom stereocenters. The molecule has 2 N–H and O–H groups in total. The Labute approximate surface area is 117 Å². The maximum Gasteiger partial charge on any atom is 0.0462 e. The largest absolute Gasteiger partial charge is 0.396 e. The Morgan fingerprint density at radius 2 is 1.63 bits per heavy atom. The Hall–Kier alpha value is -0.120. The molecule has 3 fully saturated rings. The standard InChI is InChI=1S/C16H30N2O/c1-18-15-6-7-16(18)9-14(8-15)17-10-12-4-2-3-5-13(12)11-19/h12-17,19H,2-11H2,1H3. The van der Waals surface area contributed by atoms with E-state index in [-0.39, 0.29) is 0 Å². The van der Waals surface area contributed by atoms with Crippen molar-refractivity contribution in [1.29, 1.82) is 0 Å². The van der Waals surface area contributed by atoms with Crippen LogP contribution in [-0.2, 0) is 0 Å². The van der Waals surface area contributed by atoms with Gasteiger partial charge < -0.3 is 15.3 Å². The third kappa shape index (κ3) is 2.98. The molecule has 3 heteroatoms. The molecule has 2 bridgehead atoms. The van der Waals surface area contributed by atoms with Crippen LogP contribution in [0.3, 0.4) is 0 Å². The van der Waals surface area contributed by atoms with Crippen LogP contribution in [0.15, 0.2) is 0 Å². The van der Waals surface area contributed by atoms with Gasteiger partial charge in [0.05, 0.1) is 0 Å². The molecule has 2 saturated heterocycles. The van der Waals surface area contributed by atoms with Gasteiger partial charge in [0.1, 0.15) is 0 Å². The van der Waals surface area contributed by atoms with Crippen LogP contribution in [0.2, 0.25) is 0 Å². The summed E-state index contributed by atoms with van der Waals surface area (Å²) in [5, 5.41) is 13.3. The Morgan fingerprint density at radius 1 is 1.00 bits per heavy atom. The van der Waals surface area contributed by atoms with Crippen LogP contribution in [0.5, 0.6) is 0 Å². The summed E-state index contributed by atoms with van der Waals surface area (Å²) in [4.78, 5) is 2.61. The maximum absolute atomic E-state index is 9.49. The van der Waals surface area contributed by atoms with Crippen LogP contribution < -0.4 is 5.32 Å². The van der Waals surface area contributed by atoms with E-state index >= 15 is 0 Å². The number of hydrogen-bond acceptors (Lipinski definition) is 3. The molecule has 1 saturated carbocycles. The monoisotopic (exact) mass is 266 g/mol. The number of fused-ring (bicyclic) bond motifs is 2. The van der Waals surface area contributed by atoms with Gasteiger partial charge in [0, 0.05) is 24.7 Å². The molecule has 19 heavy (non-hydrogen) atoms. The van der Waals surface area contributed by atoms with E-state index in [1.165, 1.54) is 51.4 Å². The van der Waals surface area contributed by atoms with Gasteiger partial charge in [-0.25, -0.2) is 0 Å². The maximum atomic E-state index is 9.49. The fourth-order valence-electron chi connectivity index (χ4n) is 4.69. The van der Waals surface area contributed by atoms with E-state index in [1.807, 2.05) is 0 Å². The molecule has 0 spiro atoms. The quantitative estimate of drug-likeness (QED) is 0.817. The van der Waals surface area contributed by atoms with E-state index < -0.39 is 0 Å². The van der Waals surface area contributed by atoms with Crippen LogP contribution in [0.1, 0.15) is 51.4 Å². The minimum atomic E-state index is 0.394. The van der Waals surface area contributed by atoms with Gasteiger partial charge in [-0.2, -0.15) is 0 Å². The minimum Gasteiger partial charge on any atom is -0.396 e. The highest BCUT2D eigenvalue weighted by atomic mass is 16.3. The van der Waals surface area contributed by atoms with E-state index in [9.17, 15) is 5.11 Å². The minimum absolute atomic E-state index is 0.394. The highest BCUT2D eigenvalue weighted by molar-refractivity contribution is 4.96. The van der Waals surface area contributed by atoms with E-state index in [0.29, 0.717) is 12.5 Å². The van der Waals surface area contributed by atoms with E-state index in [0.717, 1.165) is 30.6 Å². The van der Waals surface area contributed by atoms with Crippen LogP contribution >= 0.6 is 0 Å². The lowest BCUT2D eigenvalue weighted by atomic mass is 9.79. The highest BCUT2D eigenvalue weighted by Gasteiger charge is 2.38. The molecule has 3 rings (SSSR count). The van der Waals surface area contributed by atoms with Crippen LogP contribution in [0.25, 0.3) is 0 Å². The molecular formula is C16H30N2O. The van der Waals surface area contributed by atoms with Crippen molar-refractivity contribution in [3.63, 3.8) is 0 Å². The smallest absolute Gasteiger partial charge is 0.0462 e. The van der Waals surface area contributed by atoms with Gasteiger partial charge in [-0.1, -0.05) is 12.8 Å². The molecule has 1 aliphatic carbocycles. The third-order valence-corrected chi connectivity index (χ3v) is 6.07. The predicted molar refractivity (Wildman–Crippen MR) is 78.1 cm³/mol. The summed E-state index contributed by atoms with van der Waals surface area (Å²) in [5.41, 5.74) is 0. The molecule has 2 aliphatic heterocycles. The van der Waals surface area contributed by atoms with Crippen molar-refractivity contribution >= 4 is 0 Å². The average molecular weight is 266 g/mol. The van der Waals surface area contributed by atoms with Gasteiger partial charge in [-0.05, 0) is 64.0 Å². The topological polar surface area (TPSA) is 35.5 Å². The Bertz CT molecular complexity index is 282. The summed E-state index contributed by atoms with van der Waals surface area (Å²) in [5.74, 6) is 1.28. The summed E-state index contributed by atoms with van der Waals surface area (Å²) in [6.45, 7) is 1.53. The SMILES string of the molecule is CN1C2CCC1CC(NCC1CCCCC1CO)C2.